The minimum atomic E-state index is -1.30. The Kier molecular flexibility index (Phi) is 4.28. The van der Waals surface area contributed by atoms with E-state index >= 15 is 0 Å². The lowest BCUT2D eigenvalue weighted by Gasteiger charge is -2.48. The zero-order valence-corrected chi connectivity index (χ0v) is 14.9. The third-order valence-corrected chi connectivity index (χ3v) is 5.25. The van der Waals surface area contributed by atoms with Gasteiger partial charge in [0.25, 0.3) is 11.8 Å². The molecule has 27 heavy (non-hydrogen) atoms. The maximum Gasteiger partial charge on any atom is 0.332 e. The van der Waals surface area contributed by atoms with Crippen LogP contribution in [-0.2, 0) is 20.9 Å². The molecule has 138 valence electrons. The molecule has 0 radical (unpaired) electrons. The number of benzene rings is 2. The van der Waals surface area contributed by atoms with Gasteiger partial charge in [-0.05, 0) is 17.7 Å². The topological polar surface area (TPSA) is 72.9 Å². The van der Waals surface area contributed by atoms with Crippen molar-refractivity contribution in [2.45, 2.75) is 31.1 Å². The van der Waals surface area contributed by atoms with Gasteiger partial charge in [0.2, 0.25) is 0 Å². The minimum absolute atomic E-state index is 0.228. The number of ether oxygens (including phenoxy) is 2. The molecule has 0 unspecified atom stereocenters. The Bertz CT molecular complexity index is 867. The standard InChI is InChI=1S/C21H19NO5/c1-26-20(25)21(11-15(12-21)27-13-14-7-3-2-4-8-14)22-18(23)16-9-5-6-10-17(16)19(22)24/h2-10,15H,11-13H2,1H3/t15-,21-. The summed E-state index contributed by atoms with van der Waals surface area (Å²) in [7, 11) is 1.26. The van der Waals surface area contributed by atoms with Gasteiger partial charge in [0.1, 0.15) is 0 Å². The first-order valence-corrected chi connectivity index (χ1v) is 8.79. The second-order valence-corrected chi connectivity index (χ2v) is 6.84. The summed E-state index contributed by atoms with van der Waals surface area (Å²) in [6, 6.07) is 16.3. The summed E-state index contributed by atoms with van der Waals surface area (Å²) in [5.74, 6) is -1.50. The van der Waals surface area contributed by atoms with Crippen molar-refractivity contribution in [3.05, 3.63) is 71.3 Å². The number of hydrogen-bond acceptors (Lipinski definition) is 5. The highest BCUT2D eigenvalue weighted by molar-refractivity contribution is 6.23. The molecule has 0 aromatic heterocycles. The maximum absolute atomic E-state index is 12.8. The van der Waals surface area contributed by atoms with Gasteiger partial charge in [-0.25, -0.2) is 4.79 Å². The van der Waals surface area contributed by atoms with E-state index < -0.39 is 23.3 Å². The molecule has 0 saturated heterocycles. The van der Waals surface area contributed by atoms with Crippen LogP contribution in [0.25, 0.3) is 0 Å². The lowest BCUT2D eigenvalue weighted by molar-refractivity contribution is -0.170. The number of methoxy groups -OCH3 is 1. The fraction of sp³-hybridized carbons (Fsp3) is 0.286. The molecule has 1 aliphatic heterocycles. The Hall–Kier alpha value is -2.99. The van der Waals surface area contributed by atoms with Crippen molar-refractivity contribution in [3.8, 4) is 0 Å². The third-order valence-electron chi connectivity index (χ3n) is 5.25. The maximum atomic E-state index is 12.8. The number of hydrogen-bond donors (Lipinski definition) is 0. The van der Waals surface area contributed by atoms with E-state index in [2.05, 4.69) is 0 Å². The first kappa shape index (κ1) is 17.4. The van der Waals surface area contributed by atoms with E-state index in [-0.39, 0.29) is 18.9 Å². The fourth-order valence-corrected chi connectivity index (χ4v) is 3.81. The van der Waals surface area contributed by atoms with Gasteiger partial charge in [-0.1, -0.05) is 42.5 Å². The first-order chi connectivity index (χ1) is 13.1. The molecular weight excluding hydrogens is 346 g/mol. The van der Waals surface area contributed by atoms with Crippen molar-refractivity contribution in [3.63, 3.8) is 0 Å². The van der Waals surface area contributed by atoms with Crippen LogP contribution in [0, 0.1) is 0 Å². The molecule has 2 aromatic rings. The normalized spacial score (nSPS) is 23.7. The van der Waals surface area contributed by atoms with E-state index in [9.17, 15) is 14.4 Å². The van der Waals surface area contributed by atoms with Crippen LogP contribution in [0.2, 0.25) is 0 Å². The number of imide groups is 1. The van der Waals surface area contributed by atoms with Crippen molar-refractivity contribution < 1.29 is 23.9 Å². The second-order valence-electron chi connectivity index (χ2n) is 6.84. The van der Waals surface area contributed by atoms with Gasteiger partial charge in [-0.3, -0.25) is 14.5 Å². The summed E-state index contributed by atoms with van der Waals surface area (Å²) >= 11 is 0. The predicted octanol–water partition coefficient (Wildman–Crippen LogP) is 2.57. The zero-order valence-electron chi connectivity index (χ0n) is 14.9. The van der Waals surface area contributed by atoms with Crippen molar-refractivity contribution in [2.75, 3.05) is 7.11 Å². The lowest BCUT2D eigenvalue weighted by atomic mass is 9.72. The first-order valence-electron chi connectivity index (χ1n) is 8.79. The summed E-state index contributed by atoms with van der Waals surface area (Å²) in [4.78, 5) is 39.2. The summed E-state index contributed by atoms with van der Waals surface area (Å²) < 4.78 is 10.8. The highest BCUT2D eigenvalue weighted by atomic mass is 16.5. The van der Waals surface area contributed by atoms with Crippen LogP contribution < -0.4 is 0 Å². The zero-order chi connectivity index (χ0) is 19.0. The Morgan fingerprint density at radius 2 is 1.56 bits per heavy atom. The number of carbonyl (C=O) groups is 3. The molecule has 2 amide bonds. The van der Waals surface area contributed by atoms with E-state index in [4.69, 9.17) is 9.47 Å². The fourth-order valence-electron chi connectivity index (χ4n) is 3.81. The number of fused-ring (bicyclic) bond motifs is 1. The van der Waals surface area contributed by atoms with Crippen molar-refractivity contribution in [2.24, 2.45) is 0 Å². The van der Waals surface area contributed by atoms with Crippen LogP contribution in [-0.4, -0.2) is 41.4 Å². The van der Waals surface area contributed by atoms with Crippen LogP contribution in [0.3, 0.4) is 0 Å². The summed E-state index contributed by atoms with van der Waals surface area (Å²) in [6.07, 6.45) is 0.240. The second kappa shape index (κ2) is 6.63. The van der Waals surface area contributed by atoms with E-state index in [0.717, 1.165) is 10.5 Å². The van der Waals surface area contributed by atoms with Gasteiger partial charge < -0.3 is 9.47 Å². The molecule has 1 aliphatic carbocycles. The van der Waals surface area contributed by atoms with Crippen LogP contribution in [0.4, 0.5) is 0 Å². The monoisotopic (exact) mass is 365 g/mol. The van der Waals surface area contributed by atoms with E-state index in [1.54, 1.807) is 24.3 Å². The van der Waals surface area contributed by atoms with Crippen molar-refractivity contribution >= 4 is 17.8 Å². The average molecular weight is 365 g/mol. The molecule has 6 nitrogen and oxygen atoms in total. The highest BCUT2D eigenvalue weighted by Gasteiger charge is 2.61. The summed E-state index contributed by atoms with van der Waals surface area (Å²) in [6.45, 7) is 0.408. The van der Waals surface area contributed by atoms with E-state index in [1.165, 1.54) is 7.11 Å². The summed E-state index contributed by atoms with van der Waals surface area (Å²) in [5, 5.41) is 0. The molecule has 1 saturated carbocycles. The summed E-state index contributed by atoms with van der Waals surface area (Å²) in [5.41, 5.74) is 0.358. The average Bonchev–Trinajstić information content (AvgIpc) is 2.93. The van der Waals surface area contributed by atoms with Gasteiger partial charge in [0, 0.05) is 12.8 Å². The Balaban J connectivity index is 1.53. The number of rotatable bonds is 5. The van der Waals surface area contributed by atoms with Gasteiger partial charge in [-0.2, -0.15) is 0 Å². The van der Waals surface area contributed by atoms with Crippen LogP contribution in [0.15, 0.2) is 54.6 Å². The van der Waals surface area contributed by atoms with Gasteiger partial charge in [0.15, 0.2) is 5.54 Å². The van der Waals surface area contributed by atoms with Crippen LogP contribution in [0.5, 0.6) is 0 Å². The molecule has 6 heteroatoms. The molecule has 0 atom stereocenters. The highest BCUT2D eigenvalue weighted by Crippen LogP contribution is 2.44. The SMILES string of the molecule is COC(=O)[C@]1(N2C(=O)c3ccccc3C2=O)C[C@H](OCc2ccccc2)C1. The largest absolute Gasteiger partial charge is 0.467 e. The molecule has 0 N–H and O–H groups in total. The van der Waals surface area contributed by atoms with Crippen molar-refractivity contribution in [1.82, 2.24) is 4.90 Å². The smallest absolute Gasteiger partial charge is 0.332 e. The van der Waals surface area contributed by atoms with Gasteiger partial charge >= 0.3 is 5.97 Å². The number of esters is 1. The number of nitrogens with zero attached hydrogens (tertiary/aromatic N) is 1. The van der Waals surface area contributed by atoms with Gasteiger partial charge in [0.05, 0.1) is 30.9 Å². The molecule has 1 fully saturated rings. The predicted molar refractivity (Wildman–Crippen MR) is 95.9 cm³/mol. The van der Waals surface area contributed by atoms with Gasteiger partial charge in [-0.15, -0.1) is 0 Å². The third kappa shape index (κ3) is 2.73. The quantitative estimate of drug-likeness (QED) is 0.601. The van der Waals surface area contributed by atoms with Crippen molar-refractivity contribution in [1.29, 1.82) is 0 Å². The molecule has 4 rings (SSSR count). The molecular formula is C21H19NO5. The number of carbonyl (C=O) groups excluding carboxylic acids is 3. The Labute approximate surface area is 156 Å². The van der Waals surface area contributed by atoms with E-state index in [0.29, 0.717) is 17.7 Å². The molecule has 0 spiro atoms. The Morgan fingerprint density at radius 1 is 1.00 bits per heavy atom. The lowest BCUT2D eigenvalue weighted by Crippen LogP contribution is -2.66. The van der Waals surface area contributed by atoms with Crippen LogP contribution >= 0.6 is 0 Å². The molecule has 2 aromatic carbocycles. The Morgan fingerprint density at radius 3 is 2.11 bits per heavy atom. The molecule has 1 heterocycles. The molecule has 0 bridgehead atoms. The molecule has 2 aliphatic rings. The number of amides is 2. The van der Waals surface area contributed by atoms with E-state index in [1.807, 2.05) is 30.3 Å². The minimum Gasteiger partial charge on any atom is -0.467 e. The van der Waals surface area contributed by atoms with Crippen LogP contribution in [0.1, 0.15) is 39.1 Å².